The van der Waals surface area contributed by atoms with E-state index in [1.54, 1.807) is 12.1 Å². The molecule has 0 aromatic heterocycles. The Morgan fingerprint density at radius 2 is 1.81 bits per heavy atom. The summed E-state index contributed by atoms with van der Waals surface area (Å²) in [6.07, 6.45) is 0. The SMILES string of the molecule is Cc1ccc(OP(O)O)cc1.NCC(=O)O. The van der Waals surface area contributed by atoms with Crippen molar-refractivity contribution in [3.05, 3.63) is 29.8 Å². The van der Waals surface area contributed by atoms with Crippen LogP contribution >= 0.6 is 8.60 Å². The number of carboxylic acid groups (broad SMARTS) is 1. The molecular formula is C9H14NO5P. The molecule has 0 radical (unpaired) electrons. The third-order valence-electron chi connectivity index (χ3n) is 1.38. The lowest BCUT2D eigenvalue weighted by molar-refractivity contribution is -0.135. The van der Waals surface area contributed by atoms with Crippen LogP contribution in [0.3, 0.4) is 0 Å². The average Bonchev–Trinajstić information content (AvgIpc) is 2.22. The highest BCUT2D eigenvalue weighted by Crippen LogP contribution is 2.28. The van der Waals surface area contributed by atoms with Gasteiger partial charge in [-0.05, 0) is 19.1 Å². The molecule has 6 nitrogen and oxygen atoms in total. The second kappa shape index (κ2) is 8.01. The minimum atomic E-state index is -2.29. The van der Waals surface area contributed by atoms with E-state index in [2.05, 4.69) is 10.3 Å². The predicted octanol–water partition coefficient (Wildman–Crippen LogP) is 0.615. The predicted molar refractivity (Wildman–Crippen MR) is 59.9 cm³/mol. The summed E-state index contributed by atoms with van der Waals surface area (Å²) in [6, 6.07) is 7.07. The first-order valence-corrected chi connectivity index (χ1v) is 5.46. The molecule has 0 aliphatic rings. The Kier molecular flexibility index (Phi) is 7.41. The maximum atomic E-state index is 9.24. The third-order valence-corrected chi connectivity index (χ3v) is 1.76. The fourth-order valence-electron chi connectivity index (χ4n) is 0.693. The molecule has 0 bridgehead atoms. The zero-order valence-electron chi connectivity index (χ0n) is 8.70. The van der Waals surface area contributed by atoms with Gasteiger partial charge in [0.05, 0.1) is 6.54 Å². The van der Waals surface area contributed by atoms with Crippen LogP contribution in [0.2, 0.25) is 0 Å². The average molecular weight is 247 g/mol. The third kappa shape index (κ3) is 8.14. The fraction of sp³-hybridized carbons (Fsp3) is 0.222. The standard InChI is InChI=1S/C7H9O3P.C2H5NO2/c1-6-2-4-7(5-3-6)10-11(8)9;3-1-2(4)5/h2-5,8-9H,1H3;1,3H2,(H,4,5). The van der Waals surface area contributed by atoms with Gasteiger partial charge in [0.15, 0.2) is 0 Å². The van der Waals surface area contributed by atoms with Gasteiger partial charge in [0, 0.05) is 0 Å². The first-order valence-electron chi connectivity index (χ1n) is 4.30. The fourth-order valence-corrected chi connectivity index (χ4v) is 1.00. The second-order valence-corrected chi connectivity index (χ2v) is 3.44. The quantitative estimate of drug-likeness (QED) is 0.582. The first kappa shape index (κ1) is 14.8. The van der Waals surface area contributed by atoms with Crippen LogP contribution in [0.5, 0.6) is 5.75 Å². The molecule has 16 heavy (non-hydrogen) atoms. The van der Waals surface area contributed by atoms with Crippen LogP contribution in [0, 0.1) is 6.92 Å². The first-order chi connectivity index (χ1) is 7.45. The summed E-state index contributed by atoms with van der Waals surface area (Å²) < 4.78 is 4.65. The van der Waals surface area contributed by atoms with E-state index in [0.29, 0.717) is 5.75 Å². The van der Waals surface area contributed by atoms with Crippen LogP contribution < -0.4 is 10.3 Å². The molecule has 0 aliphatic carbocycles. The Balaban J connectivity index is 0.000000385. The zero-order chi connectivity index (χ0) is 12.6. The topological polar surface area (TPSA) is 113 Å². The Hall–Kier alpha value is -1.20. The van der Waals surface area contributed by atoms with Crippen molar-refractivity contribution in [3.63, 3.8) is 0 Å². The summed E-state index contributed by atoms with van der Waals surface area (Å²) in [6.45, 7) is 1.67. The second-order valence-electron chi connectivity index (χ2n) is 2.75. The molecule has 0 spiro atoms. The molecule has 0 heterocycles. The summed E-state index contributed by atoms with van der Waals surface area (Å²) in [4.78, 5) is 26.2. The van der Waals surface area contributed by atoms with Gasteiger partial charge in [-0.1, -0.05) is 17.7 Å². The van der Waals surface area contributed by atoms with Gasteiger partial charge in [0.2, 0.25) is 0 Å². The zero-order valence-corrected chi connectivity index (χ0v) is 9.59. The Morgan fingerprint density at radius 3 is 2.12 bits per heavy atom. The molecule has 0 saturated carbocycles. The Bertz CT molecular complexity index is 314. The number of carboxylic acids is 1. The van der Waals surface area contributed by atoms with Crippen LogP contribution in [0.25, 0.3) is 0 Å². The summed E-state index contributed by atoms with van der Waals surface area (Å²) >= 11 is 0. The van der Waals surface area contributed by atoms with Crippen LogP contribution in [0.1, 0.15) is 5.56 Å². The number of rotatable bonds is 3. The minimum absolute atomic E-state index is 0.278. The molecule has 0 unspecified atom stereocenters. The van der Waals surface area contributed by atoms with Crippen molar-refractivity contribution in [2.24, 2.45) is 5.73 Å². The van der Waals surface area contributed by atoms with Gasteiger partial charge in [-0.3, -0.25) is 4.79 Å². The molecule has 90 valence electrons. The maximum absolute atomic E-state index is 9.24. The van der Waals surface area contributed by atoms with Crippen LogP contribution in [0.4, 0.5) is 0 Å². The van der Waals surface area contributed by atoms with Gasteiger partial charge < -0.3 is 25.2 Å². The van der Waals surface area contributed by atoms with Crippen molar-refractivity contribution in [3.8, 4) is 5.75 Å². The Labute approximate surface area is 94.3 Å². The molecule has 0 saturated heterocycles. The van der Waals surface area contributed by atoms with Gasteiger partial charge >= 0.3 is 14.6 Å². The van der Waals surface area contributed by atoms with Crippen LogP contribution in [-0.2, 0) is 4.79 Å². The van der Waals surface area contributed by atoms with Gasteiger partial charge in [0.25, 0.3) is 0 Å². The monoisotopic (exact) mass is 247 g/mol. The number of hydrogen-bond acceptors (Lipinski definition) is 5. The van der Waals surface area contributed by atoms with Gasteiger partial charge in [-0.2, -0.15) is 0 Å². The van der Waals surface area contributed by atoms with E-state index in [1.807, 2.05) is 19.1 Å². The molecule has 7 heteroatoms. The number of benzene rings is 1. The molecule has 0 atom stereocenters. The molecule has 0 amide bonds. The van der Waals surface area contributed by atoms with Crippen molar-refractivity contribution < 1.29 is 24.2 Å². The van der Waals surface area contributed by atoms with Crippen molar-refractivity contribution in [1.29, 1.82) is 0 Å². The van der Waals surface area contributed by atoms with E-state index in [4.69, 9.17) is 14.9 Å². The number of nitrogens with two attached hydrogens (primary N) is 1. The molecule has 0 aliphatic heterocycles. The number of hydrogen-bond donors (Lipinski definition) is 4. The van der Waals surface area contributed by atoms with Crippen molar-refractivity contribution >= 4 is 14.6 Å². The maximum Gasteiger partial charge on any atom is 0.391 e. The van der Waals surface area contributed by atoms with E-state index in [0.717, 1.165) is 5.56 Å². The molecule has 0 fully saturated rings. The summed E-state index contributed by atoms with van der Waals surface area (Å²) in [5.41, 5.74) is 5.68. The van der Waals surface area contributed by atoms with Gasteiger partial charge in [-0.15, -0.1) is 0 Å². The lowest BCUT2D eigenvalue weighted by Crippen LogP contribution is -2.10. The molecular weight excluding hydrogens is 233 g/mol. The Morgan fingerprint density at radius 1 is 1.38 bits per heavy atom. The highest BCUT2D eigenvalue weighted by atomic mass is 31.2. The number of carbonyl (C=O) groups is 1. The van der Waals surface area contributed by atoms with E-state index < -0.39 is 14.6 Å². The van der Waals surface area contributed by atoms with E-state index in [9.17, 15) is 4.79 Å². The number of aryl methyl sites for hydroxylation is 1. The van der Waals surface area contributed by atoms with Crippen molar-refractivity contribution in [2.75, 3.05) is 6.54 Å². The molecule has 1 aromatic carbocycles. The molecule has 1 rings (SSSR count). The molecule has 1 aromatic rings. The largest absolute Gasteiger partial charge is 0.480 e. The minimum Gasteiger partial charge on any atom is -0.480 e. The number of aliphatic carboxylic acids is 1. The van der Waals surface area contributed by atoms with E-state index in [-0.39, 0.29) is 6.54 Å². The lowest BCUT2D eigenvalue weighted by atomic mass is 10.2. The normalized spacial score (nSPS) is 9.31. The summed E-state index contributed by atoms with van der Waals surface area (Å²) in [5, 5.41) is 7.60. The molecule has 5 N–H and O–H groups in total. The highest BCUT2D eigenvalue weighted by Gasteiger charge is 2.00. The van der Waals surface area contributed by atoms with Crippen molar-refractivity contribution in [2.45, 2.75) is 6.92 Å². The van der Waals surface area contributed by atoms with Crippen LogP contribution in [-0.4, -0.2) is 27.4 Å². The van der Waals surface area contributed by atoms with Gasteiger partial charge in [-0.25, -0.2) is 0 Å². The van der Waals surface area contributed by atoms with Crippen LogP contribution in [0.15, 0.2) is 24.3 Å². The summed E-state index contributed by atoms with van der Waals surface area (Å²) in [7, 11) is -2.29. The van der Waals surface area contributed by atoms with Gasteiger partial charge in [0.1, 0.15) is 5.75 Å². The van der Waals surface area contributed by atoms with E-state index in [1.165, 1.54) is 0 Å². The van der Waals surface area contributed by atoms with E-state index >= 15 is 0 Å². The lowest BCUT2D eigenvalue weighted by Gasteiger charge is -2.04. The smallest absolute Gasteiger partial charge is 0.391 e. The highest BCUT2D eigenvalue weighted by molar-refractivity contribution is 7.39. The summed E-state index contributed by atoms with van der Waals surface area (Å²) in [5.74, 6) is -0.489. The van der Waals surface area contributed by atoms with Crippen molar-refractivity contribution in [1.82, 2.24) is 0 Å².